The van der Waals surface area contributed by atoms with Gasteiger partial charge in [0.1, 0.15) is 12.6 Å². The molecule has 0 saturated heterocycles. The highest BCUT2D eigenvalue weighted by molar-refractivity contribution is 6.13. The number of carbonyl (C=O) groups is 6. The van der Waals surface area contributed by atoms with E-state index in [4.69, 9.17) is 21.1 Å². The molecule has 2 rings (SSSR count). The first-order valence-corrected chi connectivity index (χ1v) is 15.8. The lowest BCUT2D eigenvalue weighted by Crippen LogP contribution is -2.53. The van der Waals surface area contributed by atoms with Crippen molar-refractivity contribution >= 4 is 41.2 Å². The van der Waals surface area contributed by atoms with Gasteiger partial charge in [0.25, 0.3) is 11.8 Å². The summed E-state index contributed by atoms with van der Waals surface area (Å²) in [6.45, 7) is 10.0. The molecule has 5 amide bonds. The third kappa shape index (κ3) is 13.3. The number of anilines is 1. The molecule has 0 saturated carbocycles. The first kappa shape index (κ1) is 40.4. The SMILES string of the molecule is CC(C)C(=O)OCc1ccc(NC(=O)CNC(=O)C(NC(=O)C[C@H](/C(N)=C/N(N)CCOC(C)(C)CO)N2C(=O)C=CC2=O)C(C)C)cc1. The van der Waals surface area contributed by atoms with Gasteiger partial charge in [-0.3, -0.25) is 33.7 Å². The lowest BCUT2D eigenvalue weighted by Gasteiger charge is -2.29. The second-order valence-corrected chi connectivity index (χ2v) is 12.7. The third-order valence-electron chi connectivity index (χ3n) is 7.24. The molecule has 0 fully saturated rings. The highest BCUT2D eigenvalue weighted by Crippen LogP contribution is 2.18. The molecule has 8 N–H and O–H groups in total. The fraction of sp³-hybridized carbons (Fsp3) is 0.515. The zero-order chi connectivity index (χ0) is 36.9. The number of benzene rings is 1. The molecule has 16 nitrogen and oxygen atoms in total. The van der Waals surface area contributed by atoms with Crippen LogP contribution in [0.15, 0.2) is 48.3 Å². The Hall–Kier alpha value is -4.80. The summed E-state index contributed by atoms with van der Waals surface area (Å²) < 4.78 is 10.7. The normalized spacial score (nSPS) is 14.6. The summed E-state index contributed by atoms with van der Waals surface area (Å²) in [7, 11) is 0. The van der Waals surface area contributed by atoms with Crippen LogP contribution in [0.25, 0.3) is 0 Å². The quantitative estimate of drug-likeness (QED) is 0.0489. The molecule has 0 aliphatic carbocycles. The van der Waals surface area contributed by atoms with E-state index in [0.717, 1.165) is 22.6 Å². The largest absolute Gasteiger partial charge is 0.461 e. The van der Waals surface area contributed by atoms with Crippen molar-refractivity contribution in [1.29, 1.82) is 0 Å². The van der Waals surface area contributed by atoms with Gasteiger partial charge in [-0.25, -0.2) is 5.84 Å². The van der Waals surface area contributed by atoms with Crippen LogP contribution in [0.3, 0.4) is 0 Å². The summed E-state index contributed by atoms with van der Waals surface area (Å²) in [6.07, 6.45) is 2.90. The number of nitrogens with two attached hydrogens (primary N) is 2. The van der Waals surface area contributed by atoms with E-state index in [1.54, 1.807) is 65.8 Å². The molecule has 0 bridgehead atoms. The molecule has 0 aromatic heterocycles. The molecule has 49 heavy (non-hydrogen) atoms. The van der Waals surface area contributed by atoms with Crippen LogP contribution in [0.2, 0.25) is 0 Å². The number of aliphatic hydroxyl groups excluding tert-OH is 1. The van der Waals surface area contributed by atoms with Gasteiger partial charge in [-0.05, 0) is 37.5 Å². The number of aliphatic hydroxyl groups is 1. The number of amides is 5. The molecule has 1 aromatic carbocycles. The van der Waals surface area contributed by atoms with Crippen LogP contribution >= 0.6 is 0 Å². The van der Waals surface area contributed by atoms with Crippen molar-refractivity contribution in [1.82, 2.24) is 20.5 Å². The van der Waals surface area contributed by atoms with Gasteiger partial charge in [0, 0.05) is 29.7 Å². The van der Waals surface area contributed by atoms with E-state index in [-0.39, 0.29) is 43.9 Å². The van der Waals surface area contributed by atoms with Crippen LogP contribution in [-0.2, 0) is 44.8 Å². The zero-order valence-corrected chi connectivity index (χ0v) is 28.9. The molecule has 0 radical (unpaired) electrons. The predicted molar refractivity (Wildman–Crippen MR) is 179 cm³/mol. The molecule has 0 spiro atoms. The van der Waals surface area contributed by atoms with Gasteiger partial charge in [-0.2, -0.15) is 0 Å². The predicted octanol–water partition coefficient (Wildman–Crippen LogP) is 0.0283. The van der Waals surface area contributed by atoms with E-state index in [9.17, 15) is 33.9 Å². The molecule has 270 valence electrons. The monoisotopic (exact) mass is 687 g/mol. The molecule has 2 atom stereocenters. The Bertz CT molecular complexity index is 1390. The third-order valence-corrected chi connectivity index (χ3v) is 7.24. The van der Waals surface area contributed by atoms with E-state index < -0.39 is 66.1 Å². The highest BCUT2D eigenvalue weighted by atomic mass is 16.5. The summed E-state index contributed by atoms with van der Waals surface area (Å²) in [5.41, 5.74) is 6.59. The van der Waals surface area contributed by atoms with Gasteiger partial charge in [0.2, 0.25) is 17.7 Å². The number of ether oxygens (including phenoxy) is 2. The maximum atomic E-state index is 13.2. The van der Waals surface area contributed by atoms with E-state index in [2.05, 4.69) is 16.0 Å². The van der Waals surface area contributed by atoms with E-state index in [0.29, 0.717) is 5.69 Å². The molecule has 1 heterocycles. The van der Waals surface area contributed by atoms with Gasteiger partial charge in [-0.1, -0.05) is 39.8 Å². The van der Waals surface area contributed by atoms with Crippen molar-refractivity contribution < 1.29 is 43.3 Å². The summed E-state index contributed by atoms with van der Waals surface area (Å²) in [4.78, 5) is 76.4. The second-order valence-electron chi connectivity index (χ2n) is 12.7. The van der Waals surface area contributed by atoms with Crippen molar-refractivity contribution in [2.75, 3.05) is 31.6 Å². The summed E-state index contributed by atoms with van der Waals surface area (Å²) in [5, 5.41) is 18.3. The molecular formula is C33H49N7O9. The minimum atomic E-state index is -1.23. The zero-order valence-electron chi connectivity index (χ0n) is 28.9. The van der Waals surface area contributed by atoms with Crippen LogP contribution in [0.1, 0.15) is 53.5 Å². The number of esters is 1. The maximum Gasteiger partial charge on any atom is 0.308 e. The summed E-state index contributed by atoms with van der Waals surface area (Å²) in [5.74, 6) is 1.85. The van der Waals surface area contributed by atoms with Gasteiger partial charge in [0.15, 0.2) is 0 Å². The second kappa shape index (κ2) is 18.7. The Morgan fingerprint density at radius 1 is 1.02 bits per heavy atom. The molecule has 1 aliphatic rings. The number of hydrazine groups is 1. The van der Waals surface area contributed by atoms with Crippen molar-refractivity contribution in [2.24, 2.45) is 23.4 Å². The molecule has 1 unspecified atom stereocenters. The maximum absolute atomic E-state index is 13.2. The molecule has 1 aliphatic heterocycles. The first-order chi connectivity index (χ1) is 22.9. The van der Waals surface area contributed by atoms with Gasteiger partial charge >= 0.3 is 5.97 Å². The fourth-order valence-electron chi connectivity index (χ4n) is 4.32. The minimum Gasteiger partial charge on any atom is -0.461 e. The summed E-state index contributed by atoms with van der Waals surface area (Å²) in [6, 6.07) is 4.35. The number of nitrogens with one attached hydrogen (secondary N) is 3. The molecule has 16 heteroatoms. The van der Waals surface area contributed by atoms with E-state index >= 15 is 0 Å². The topological polar surface area (TPSA) is 236 Å². The Balaban J connectivity index is 2.01. The Morgan fingerprint density at radius 2 is 1.63 bits per heavy atom. The Morgan fingerprint density at radius 3 is 2.18 bits per heavy atom. The number of hydrogen-bond donors (Lipinski definition) is 6. The first-order valence-electron chi connectivity index (χ1n) is 15.8. The molecule has 1 aromatic rings. The lowest BCUT2D eigenvalue weighted by atomic mass is 10.0. The van der Waals surface area contributed by atoms with Crippen LogP contribution in [0, 0.1) is 11.8 Å². The van der Waals surface area contributed by atoms with Crippen LogP contribution in [-0.4, -0.2) is 94.5 Å². The standard InChI is InChI=1S/C33H49N7O9/c1-20(2)30(31(46)36-16-27(43)37-23-9-7-22(8-10-23)18-48-32(47)21(3)4)38-26(42)15-25(40-28(44)11-12-29(40)45)24(34)17-39(35)13-14-49-33(5,6)19-41/h7-12,17,20-21,25,30,41H,13-16,18-19,34-35H2,1-6H3,(H,36,46)(H,37,43)(H,38,42)/b24-17-/t25-,30?/m1/s1. The van der Waals surface area contributed by atoms with Crippen molar-refractivity contribution in [3.05, 3.63) is 53.9 Å². The highest BCUT2D eigenvalue weighted by Gasteiger charge is 2.35. The van der Waals surface area contributed by atoms with Crippen molar-refractivity contribution in [3.63, 3.8) is 0 Å². The minimum absolute atomic E-state index is 0.0729. The number of rotatable bonds is 19. The van der Waals surface area contributed by atoms with Gasteiger partial charge in [-0.15, -0.1) is 0 Å². The Kier molecular flexibility index (Phi) is 15.4. The average Bonchev–Trinajstić information content (AvgIpc) is 3.37. The lowest BCUT2D eigenvalue weighted by molar-refractivity contribution is -0.148. The van der Waals surface area contributed by atoms with Gasteiger partial charge < -0.3 is 41.3 Å². The Labute approximate surface area is 286 Å². The number of imide groups is 1. The molecular weight excluding hydrogens is 638 g/mol. The number of nitrogens with zero attached hydrogens (tertiary/aromatic N) is 2. The van der Waals surface area contributed by atoms with Crippen molar-refractivity contribution in [3.8, 4) is 0 Å². The van der Waals surface area contributed by atoms with Crippen LogP contribution in [0.5, 0.6) is 0 Å². The van der Waals surface area contributed by atoms with Crippen molar-refractivity contribution in [2.45, 2.75) is 72.3 Å². The fourth-order valence-corrected chi connectivity index (χ4v) is 4.32. The smallest absolute Gasteiger partial charge is 0.308 e. The van der Waals surface area contributed by atoms with E-state index in [1.165, 1.54) is 11.2 Å². The summed E-state index contributed by atoms with van der Waals surface area (Å²) >= 11 is 0. The van der Waals surface area contributed by atoms with E-state index in [1.807, 2.05) is 0 Å². The average molecular weight is 688 g/mol. The number of hydrogen-bond acceptors (Lipinski definition) is 12. The van der Waals surface area contributed by atoms with Gasteiger partial charge in [0.05, 0.1) is 50.3 Å². The van der Waals surface area contributed by atoms with Crippen LogP contribution < -0.4 is 27.5 Å². The number of carbonyl (C=O) groups excluding carboxylic acids is 6. The van der Waals surface area contributed by atoms with Crippen LogP contribution in [0.4, 0.5) is 5.69 Å².